The standard InChI is InChI=1S/C20H23NO4/c1-14-4-10-17(11-5-14)21(2)13-12-18(19(22)23)15-6-8-16(9-7-15)20(24)25-3/h4-11,18H,12-13H2,1-3H3,(H,22,23). The second kappa shape index (κ2) is 8.33. The highest BCUT2D eigenvalue weighted by Gasteiger charge is 2.21. The predicted molar refractivity (Wildman–Crippen MR) is 97.2 cm³/mol. The molecule has 0 aliphatic carbocycles. The molecule has 132 valence electrons. The zero-order valence-electron chi connectivity index (χ0n) is 14.7. The van der Waals surface area contributed by atoms with E-state index in [0.29, 0.717) is 24.1 Å². The summed E-state index contributed by atoms with van der Waals surface area (Å²) in [7, 11) is 3.27. The number of carboxylic acid groups (broad SMARTS) is 1. The van der Waals surface area contributed by atoms with Crippen LogP contribution in [-0.4, -0.2) is 37.7 Å². The van der Waals surface area contributed by atoms with Crippen LogP contribution in [0.4, 0.5) is 5.69 Å². The van der Waals surface area contributed by atoms with Crippen molar-refractivity contribution in [3.05, 3.63) is 65.2 Å². The molecular weight excluding hydrogens is 318 g/mol. The lowest BCUT2D eigenvalue weighted by Gasteiger charge is -2.22. The summed E-state index contributed by atoms with van der Waals surface area (Å²) in [6.07, 6.45) is 0.470. The third-order valence-electron chi connectivity index (χ3n) is 4.26. The molecular formula is C20H23NO4. The zero-order chi connectivity index (χ0) is 18.4. The van der Waals surface area contributed by atoms with Gasteiger partial charge >= 0.3 is 11.9 Å². The maximum absolute atomic E-state index is 11.7. The first-order chi connectivity index (χ1) is 11.9. The third-order valence-corrected chi connectivity index (χ3v) is 4.26. The van der Waals surface area contributed by atoms with Gasteiger partial charge in [-0.1, -0.05) is 29.8 Å². The molecule has 0 amide bonds. The number of rotatable bonds is 7. The first-order valence-electron chi connectivity index (χ1n) is 8.11. The Hall–Kier alpha value is -2.82. The van der Waals surface area contributed by atoms with Crippen LogP contribution in [0.15, 0.2) is 48.5 Å². The summed E-state index contributed by atoms with van der Waals surface area (Å²) in [6, 6.07) is 14.7. The van der Waals surface area contributed by atoms with Crippen molar-refractivity contribution >= 4 is 17.6 Å². The molecule has 5 heteroatoms. The average molecular weight is 341 g/mol. The minimum absolute atomic E-state index is 0.409. The molecule has 0 aliphatic rings. The molecule has 0 aliphatic heterocycles. The summed E-state index contributed by atoms with van der Waals surface area (Å²) < 4.78 is 4.66. The van der Waals surface area contributed by atoms with Gasteiger partial charge in [0.2, 0.25) is 0 Å². The quantitative estimate of drug-likeness (QED) is 0.781. The molecule has 1 unspecified atom stereocenters. The van der Waals surface area contributed by atoms with Gasteiger partial charge in [0.25, 0.3) is 0 Å². The number of hydrogen-bond acceptors (Lipinski definition) is 4. The molecule has 0 heterocycles. The van der Waals surface area contributed by atoms with Crippen molar-refractivity contribution in [1.82, 2.24) is 0 Å². The Morgan fingerprint density at radius 3 is 2.20 bits per heavy atom. The van der Waals surface area contributed by atoms with Gasteiger partial charge in [0.05, 0.1) is 18.6 Å². The molecule has 0 aromatic heterocycles. The van der Waals surface area contributed by atoms with E-state index in [0.717, 1.165) is 5.69 Å². The number of carbonyl (C=O) groups excluding carboxylic acids is 1. The van der Waals surface area contributed by atoms with Gasteiger partial charge in [-0.05, 0) is 43.2 Å². The predicted octanol–water partition coefficient (Wildman–Crippen LogP) is 3.48. The smallest absolute Gasteiger partial charge is 0.337 e. The maximum atomic E-state index is 11.7. The average Bonchev–Trinajstić information content (AvgIpc) is 2.62. The second-order valence-corrected chi connectivity index (χ2v) is 6.05. The van der Waals surface area contributed by atoms with Crippen LogP contribution in [0.5, 0.6) is 0 Å². The van der Waals surface area contributed by atoms with E-state index >= 15 is 0 Å². The lowest BCUT2D eigenvalue weighted by atomic mass is 9.94. The van der Waals surface area contributed by atoms with Crippen LogP contribution in [0.25, 0.3) is 0 Å². The Bertz CT molecular complexity index is 722. The Balaban J connectivity index is 2.06. The Kier molecular flexibility index (Phi) is 6.17. The van der Waals surface area contributed by atoms with Gasteiger partial charge in [-0.2, -0.15) is 0 Å². The Morgan fingerprint density at radius 2 is 1.68 bits per heavy atom. The van der Waals surface area contributed by atoms with Gasteiger partial charge in [-0.3, -0.25) is 4.79 Å². The molecule has 0 bridgehead atoms. The van der Waals surface area contributed by atoms with Crippen LogP contribution >= 0.6 is 0 Å². The van der Waals surface area contributed by atoms with E-state index in [4.69, 9.17) is 0 Å². The lowest BCUT2D eigenvalue weighted by molar-refractivity contribution is -0.138. The molecule has 2 aromatic rings. The number of anilines is 1. The summed E-state index contributed by atoms with van der Waals surface area (Å²) in [5, 5.41) is 9.56. The van der Waals surface area contributed by atoms with E-state index in [1.54, 1.807) is 24.3 Å². The number of nitrogens with zero attached hydrogens (tertiary/aromatic N) is 1. The van der Waals surface area contributed by atoms with Gasteiger partial charge in [0, 0.05) is 19.3 Å². The number of ether oxygens (including phenoxy) is 1. The van der Waals surface area contributed by atoms with E-state index in [-0.39, 0.29) is 0 Å². The van der Waals surface area contributed by atoms with Crippen molar-refractivity contribution in [3.8, 4) is 0 Å². The van der Waals surface area contributed by atoms with Crippen LogP contribution in [0.2, 0.25) is 0 Å². The van der Waals surface area contributed by atoms with Crippen molar-refractivity contribution in [2.24, 2.45) is 0 Å². The summed E-state index contributed by atoms with van der Waals surface area (Å²) >= 11 is 0. The topological polar surface area (TPSA) is 66.8 Å². The molecule has 0 saturated heterocycles. The van der Waals surface area contributed by atoms with E-state index in [9.17, 15) is 14.7 Å². The molecule has 0 spiro atoms. The zero-order valence-corrected chi connectivity index (χ0v) is 14.7. The molecule has 0 saturated carbocycles. The van der Waals surface area contributed by atoms with Crippen molar-refractivity contribution in [2.75, 3.05) is 25.6 Å². The fraction of sp³-hybridized carbons (Fsp3) is 0.300. The molecule has 2 aromatic carbocycles. The highest BCUT2D eigenvalue weighted by molar-refractivity contribution is 5.89. The molecule has 0 fully saturated rings. The van der Waals surface area contributed by atoms with E-state index in [1.807, 2.05) is 43.1 Å². The van der Waals surface area contributed by atoms with Crippen LogP contribution in [0.3, 0.4) is 0 Å². The summed E-state index contributed by atoms with van der Waals surface area (Å²) in [5.41, 5.74) is 3.33. The van der Waals surface area contributed by atoms with Gasteiger partial charge in [-0.15, -0.1) is 0 Å². The fourth-order valence-corrected chi connectivity index (χ4v) is 2.65. The van der Waals surface area contributed by atoms with Crippen molar-refractivity contribution in [2.45, 2.75) is 19.3 Å². The summed E-state index contributed by atoms with van der Waals surface area (Å²) in [6.45, 7) is 2.64. The first-order valence-corrected chi connectivity index (χ1v) is 8.11. The van der Waals surface area contributed by atoms with E-state index in [2.05, 4.69) is 4.74 Å². The number of carbonyl (C=O) groups is 2. The SMILES string of the molecule is COC(=O)c1ccc(C(CCN(C)c2ccc(C)cc2)C(=O)O)cc1. The normalized spacial score (nSPS) is 11.6. The molecule has 2 rings (SSSR count). The fourth-order valence-electron chi connectivity index (χ4n) is 2.65. The minimum Gasteiger partial charge on any atom is -0.481 e. The number of aryl methyl sites for hydroxylation is 1. The number of carboxylic acids is 1. The van der Waals surface area contributed by atoms with Crippen molar-refractivity contribution in [1.29, 1.82) is 0 Å². The number of hydrogen-bond donors (Lipinski definition) is 1. The number of methoxy groups -OCH3 is 1. The molecule has 5 nitrogen and oxygen atoms in total. The Labute approximate surface area is 147 Å². The Morgan fingerprint density at radius 1 is 1.08 bits per heavy atom. The van der Waals surface area contributed by atoms with Crippen LogP contribution < -0.4 is 4.90 Å². The van der Waals surface area contributed by atoms with E-state index in [1.165, 1.54) is 12.7 Å². The van der Waals surface area contributed by atoms with Gasteiger partial charge in [0.15, 0.2) is 0 Å². The molecule has 25 heavy (non-hydrogen) atoms. The largest absolute Gasteiger partial charge is 0.481 e. The number of aliphatic carboxylic acids is 1. The second-order valence-electron chi connectivity index (χ2n) is 6.05. The van der Waals surface area contributed by atoms with Crippen LogP contribution in [0.1, 0.15) is 33.8 Å². The molecule has 0 radical (unpaired) electrons. The van der Waals surface area contributed by atoms with Crippen molar-refractivity contribution in [3.63, 3.8) is 0 Å². The highest BCUT2D eigenvalue weighted by atomic mass is 16.5. The van der Waals surface area contributed by atoms with Gasteiger partial charge in [-0.25, -0.2) is 4.79 Å². The molecule has 1 N–H and O–H groups in total. The monoisotopic (exact) mass is 341 g/mol. The first kappa shape index (κ1) is 18.5. The van der Waals surface area contributed by atoms with E-state index < -0.39 is 17.9 Å². The van der Waals surface area contributed by atoms with Crippen LogP contribution in [0, 0.1) is 6.92 Å². The van der Waals surface area contributed by atoms with Crippen LogP contribution in [-0.2, 0) is 9.53 Å². The summed E-state index contributed by atoms with van der Waals surface area (Å²) in [4.78, 5) is 25.2. The lowest BCUT2D eigenvalue weighted by Crippen LogP contribution is -2.23. The third kappa shape index (κ3) is 4.83. The summed E-state index contributed by atoms with van der Waals surface area (Å²) in [5.74, 6) is -1.93. The molecule has 1 atom stereocenters. The van der Waals surface area contributed by atoms with Gasteiger partial charge in [0.1, 0.15) is 0 Å². The number of esters is 1. The highest BCUT2D eigenvalue weighted by Crippen LogP contribution is 2.23. The minimum atomic E-state index is -0.872. The maximum Gasteiger partial charge on any atom is 0.337 e. The van der Waals surface area contributed by atoms with Gasteiger partial charge < -0.3 is 14.7 Å². The van der Waals surface area contributed by atoms with Crippen molar-refractivity contribution < 1.29 is 19.4 Å². The number of benzene rings is 2.